The van der Waals surface area contributed by atoms with Crippen molar-refractivity contribution in [3.05, 3.63) is 22.2 Å². The van der Waals surface area contributed by atoms with Crippen molar-refractivity contribution in [3.63, 3.8) is 0 Å². The van der Waals surface area contributed by atoms with Gasteiger partial charge >= 0.3 is 0 Å². The molecule has 1 heterocycles. The molecule has 2 aliphatic rings. The highest BCUT2D eigenvalue weighted by molar-refractivity contribution is 9.10. The van der Waals surface area contributed by atoms with E-state index in [9.17, 15) is 0 Å². The van der Waals surface area contributed by atoms with Crippen molar-refractivity contribution in [2.45, 2.75) is 38.6 Å². The van der Waals surface area contributed by atoms with Crippen LogP contribution in [0, 0.1) is 5.92 Å². The van der Waals surface area contributed by atoms with Gasteiger partial charge in [-0.05, 0) is 79.2 Å². The van der Waals surface area contributed by atoms with Crippen LogP contribution < -0.4 is 14.8 Å². The highest BCUT2D eigenvalue weighted by Gasteiger charge is 2.39. The monoisotopic (exact) mass is 339 g/mol. The molecule has 1 aliphatic heterocycles. The first-order valence-electron chi connectivity index (χ1n) is 7.28. The zero-order valence-electron chi connectivity index (χ0n) is 12.3. The molecule has 0 radical (unpaired) electrons. The van der Waals surface area contributed by atoms with E-state index in [1.54, 1.807) is 0 Å². The van der Waals surface area contributed by atoms with Crippen LogP contribution in [-0.4, -0.2) is 25.3 Å². The fourth-order valence-electron chi connectivity index (χ4n) is 2.66. The maximum atomic E-state index is 5.70. The van der Waals surface area contributed by atoms with E-state index in [-0.39, 0.29) is 5.54 Å². The molecule has 1 fully saturated rings. The molecule has 1 N–H and O–H groups in total. The molecule has 3 rings (SSSR count). The number of fused-ring (bicyclic) bond motifs is 1. The standard InChI is InChI=1S/C16H22BrNO2/c1-16(2,3)18-9-11-6-12(11)10-7-13(17)15-14(8-10)19-4-5-20-15/h7-8,11-12,18H,4-6,9H2,1-3H3. The Hall–Kier alpha value is -0.740. The van der Waals surface area contributed by atoms with Crippen molar-refractivity contribution < 1.29 is 9.47 Å². The van der Waals surface area contributed by atoms with Gasteiger partial charge in [0.05, 0.1) is 4.47 Å². The Kier molecular flexibility index (Phi) is 3.71. The fourth-order valence-corrected chi connectivity index (χ4v) is 3.24. The van der Waals surface area contributed by atoms with Gasteiger partial charge in [-0.3, -0.25) is 0 Å². The van der Waals surface area contributed by atoms with Crippen molar-refractivity contribution in [1.29, 1.82) is 0 Å². The molecule has 20 heavy (non-hydrogen) atoms. The highest BCUT2D eigenvalue weighted by Crippen LogP contribution is 2.50. The van der Waals surface area contributed by atoms with E-state index in [0.29, 0.717) is 19.1 Å². The maximum absolute atomic E-state index is 5.70. The lowest BCUT2D eigenvalue weighted by atomic mass is 10.1. The lowest BCUT2D eigenvalue weighted by Crippen LogP contribution is -2.37. The lowest BCUT2D eigenvalue weighted by molar-refractivity contribution is 0.170. The van der Waals surface area contributed by atoms with Gasteiger partial charge in [-0.15, -0.1) is 0 Å². The van der Waals surface area contributed by atoms with Crippen molar-refractivity contribution in [1.82, 2.24) is 5.32 Å². The molecule has 0 bridgehead atoms. The predicted octanol–water partition coefficient (Wildman–Crippen LogP) is 3.71. The van der Waals surface area contributed by atoms with E-state index in [1.807, 2.05) is 0 Å². The molecule has 2 unspecified atom stereocenters. The topological polar surface area (TPSA) is 30.5 Å². The molecule has 0 spiro atoms. The number of ether oxygens (including phenoxy) is 2. The molecule has 110 valence electrons. The summed E-state index contributed by atoms with van der Waals surface area (Å²) in [5.41, 5.74) is 1.56. The van der Waals surface area contributed by atoms with E-state index >= 15 is 0 Å². The Morgan fingerprint density at radius 2 is 2.00 bits per heavy atom. The number of rotatable bonds is 3. The highest BCUT2D eigenvalue weighted by atomic mass is 79.9. The molecule has 1 saturated carbocycles. The molecule has 1 aliphatic carbocycles. The van der Waals surface area contributed by atoms with Gasteiger partial charge in [0.2, 0.25) is 0 Å². The SMILES string of the molecule is CC(C)(C)NCC1CC1c1cc(Br)c2c(c1)OCCO2. The summed E-state index contributed by atoms with van der Waals surface area (Å²) in [6, 6.07) is 4.34. The van der Waals surface area contributed by atoms with E-state index in [2.05, 4.69) is 54.2 Å². The molecular weight excluding hydrogens is 318 g/mol. The van der Waals surface area contributed by atoms with Gasteiger partial charge in [0, 0.05) is 5.54 Å². The first kappa shape index (κ1) is 14.2. The molecule has 0 saturated heterocycles. The number of nitrogens with one attached hydrogen (secondary N) is 1. The van der Waals surface area contributed by atoms with Gasteiger partial charge in [0.15, 0.2) is 11.5 Å². The normalized spacial score (nSPS) is 24.6. The van der Waals surface area contributed by atoms with Crippen LogP contribution in [0.5, 0.6) is 11.5 Å². The van der Waals surface area contributed by atoms with Crippen molar-refractivity contribution in [2.24, 2.45) is 5.92 Å². The molecule has 1 aromatic carbocycles. The van der Waals surface area contributed by atoms with Gasteiger partial charge in [-0.2, -0.15) is 0 Å². The minimum absolute atomic E-state index is 0.195. The number of halogens is 1. The van der Waals surface area contributed by atoms with Gasteiger partial charge in [0.25, 0.3) is 0 Å². The number of hydrogen-bond acceptors (Lipinski definition) is 3. The number of hydrogen-bond donors (Lipinski definition) is 1. The zero-order valence-corrected chi connectivity index (χ0v) is 13.9. The largest absolute Gasteiger partial charge is 0.486 e. The van der Waals surface area contributed by atoms with Crippen molar-refractivity contribution in [3.8, 4) is 11.5 Å². The molecule has 0 aromatic heterocycles. The summed E-state index contributed by atoms with van der Waals surface area (Å²) in [4.78, 5) is 0. The molecule has 0 amide bonds. The summed E-state index contributed by atoms with van der Waals surface area (Å²) >= 11 is 3.60. The van der Waals surface area contributed by atoms with Gasteiger partial charge in [-0.25, -0.2) is 0 Å². The third-order valence-corrected chi connectivity index (χ3v) is 4.45. The molecule has 4 heteroatoms. The van der Waals surface area contributed by atoms with Crippen molar-refractivity contribution in [2.75, 3.05) is 19.8 Å². The Morgan fingerprint density at radius 3 is 2.75 bits per heavy atom. The van der Waals surface area contributed by atoms with Gasteiger partial charge < -0.3 is 14.8 Å². The summed E-state index contributed by atoms with van der Waals surface area (Å²) in [6.45, 7) is 9.00. The molecule has 2 atom stereocenters. The minimum Gasteiger partial charge on any atom is -0.486 e. The van der Waals surface area contributed by atoms with Crippen LogP contribution in [0.1, 0.15) is 38.7 Å². The Morgan fingerprint density at radius 1 is 1.25 bits per heavy atom. The van der Waals surface area contributed by atoms with Crippen LogP contribution in [0.25, 0.3) is 0 Å². The third-order valence-electron chi connectivity index (χ3n) is 3.86. The smallest absolute Gasteiger partial charge is 0.175 e. The third kappa shape index (κ3) is 3.12. The zero-order chi connectivity index (χ0) is 14.3. The Bertz CT molecular complexity index is 510. The van der Waals surface area contributed by atoms with Crippen LogP contribution in [0.15, 0.2) is 16.6 Å². The van der Waals surface area contributed by atoms with Crippen LogP contribution in [0.4, 0.5) is 0 Å². The van der Waals surface area contributed by atoms with E-state index in [0.717, 1.165) is 28.4 Å². The molecule has 3 nitrogen and oxygen atoms in total. The van der Waals surface area contributed by atoms with Crippen molar-refractivity contribution >= 4 is 15.9 Å². The van der Waals surface area contributed by atoms with Crippen LogP contribution in [0.2, 0.25) is 0 Å². The summed E-state index contributed by atoms with van der Waals surface area (Å²) in [6.07, 6.45) is 1.26. The first-order valence-corrected chi connectivity index (χ1v) is 8.07. The van der Waals surface area contributed by atoms with Crippen LogP contribution in [-0.2, 0) is 0 Å². The van der Waals surface area contributed by atoms with Gasteiger partial charge in [-0.1, -0.05) is 0 Å². The average Bonchev–Trinajstić information content (AvgIpc) is 3.15. The van der Waals surface area contributed by atoms with E-state index in [4.69, 9.17) is 9.47 Å². The quantitative estimate of drug-likeness (QED) is 0.910. The second-order valence-electron chi connectivity index (χ2n) is 6.76. The van der Waals surface area contributed by atoms with Crippen LogP contribution >= 0.6 is 15.9 Å². The Labute approximate surface area is 129 Å². The van der Waals surface area contributed by atoms with Crippen LogP contribution in [0.3, 0.4) is 0 Å². The lowest BCUT2D eigenvalue weighted by Gasteiger charge is -2.21. The molecular formula is C16H22BrNO2. The van der Waals surface area contributed by atoms with E-state index < -0.39 is 0 Å². The summed E-state index contributed by atoms with van der Waals surface area (Å²) < 4.78 is 12.4. The summed E-state index contributed by atoms with van der Waals surface area (Å²) in [5.74, 6) is 3.13. The second-order valence-corrected chi connectivity index (χ2v) is 7.61. The summed E-state index contributed by atoms with van der Waals surface area (Å²) in [7, 11) is 0. The maximum Gasteiger partial charge on any atom is 0.175 e. The van der Waals surface area contributed by atoms with Gasteiger partial charge in [0.1, 0.15) is 13.2 Å². The number of benzene rings is 1. The van der Waals surface area contributed by atoms with E-state index in [1.165, 1.54) is 12.0 Å². The average molecular weight is 340 g/mol. The minimum atomic E-state index is 0.195. The second kappa shape index (κ2) is 5.23. The Balaban J connectivity index is 1.69. The fraction of sp³-hybridized carbons (Fsp3) is 0.625. The predicted molar refractivity (Wildman–Crippen MR) is 83.7 cm³/mol. The molecule has 1 aromatic rings. The first-order chi connectivity index (χ1) is 9.44. The summed E-state index contributed by atoms with van der Waals surface area (Å²) in [5, 5.41) is 3.59.